The van der Waals surface area contributed by atoms with Crippen molar-refractivity contribution >= 4 is 0 Å². The predicted octanol–water partition coefficient (Wildman–Crippen LogP) is 3.83. The van der Waals surface area contributed by atoms with Crippen molar-refractivity contribution in [1.82, 2.24) is 4.90 Å². The van der Waals surface area contributed by atoms with Crippen LogP contribution in [-0.2, 0) is 6.42 Å². The number of hydrogen-bond acceptors (Lipinski definition) is 4. The molecule has 0 bridgehead atoms. The number of ether oxygens (including phenoxy) is 2. The first-order valence-electron chi connectivity index (χ1n) is 9.46. The molecular formula is C22H28FNO3. The summed E-state index contributed by atoms with van der Waals surface area (Å²) < 4.78 is 23.9. The predicted molar refractivity (Wildman–Crippen MR) is 104 cm³/mol. The van der Waals surface area contributed by atoms with E-state index in [1.54, 1.807) is 14.2 Å². The van der Waals surface area contributed by atoms with Crippen molar-refractivity contribution in [2.24, 2.45) is 5.92 Å². The Kier molecular flexibility index (Phi) is 6.69. The minimum absolute atomic E-state index is 0.203. The van der Waals surface area contributed by atoms with E-state index in [4.69, 9.17) is 9.47 Å². The van der Waals surface area contributed by atoms with Crippen molar-refractivity contribution in [3.63, 3.8) is 0 Å². The monoisotopic (exact) mass is 373 g/mol. The van der Waals surface area contributed by atoms with Crippen LogP contribution in [0.2, 0.25) is 0 Å². The maximum absolute atomic E-state index is 13.1. The van der Waals surface area contributed by atoms with E-state index in [2.05, 4.69) is 11.0 Å². The van der Waals surface area contributed by atoms with Gasteiger partial charge in [-0.15, -0.1) is 0 Å². The fourth-order valence-corrected chi connectivity index (χ4v) is 3.85. The molecule has 0 aromatic heterocycles. The second-order valence-corrected chi connectivity index (χ2v) is 7.12. The Morgan fingerprint density at radius 3 is 2.48 bits per heavy atom. The first kappa shape index (κ1) is 19.6. The number of hydrogen-bond donors (Lipinski definition) is 1. The van der Waals surface area contributed by atoms with Gasteiger partial charge in [0.05, 0.1) is 14.2 Å². The molecule has 1 N–H and O–H groups in total. The van der Waals surface area contributed by atoms with Crippen molar-refractivity contribution in [3.8, 4) is 11.5 Å². The van der Waals surface area contributed by atoms with E-state index < -0.39 is 0 Å². The fraction of sp³-hybridized carbons (Fsp3) is 0.455. The third-order valence-corrected chi connectivity index (χ3v) is 5.47. The van der Waals surface area contributed by atoms with Gasteiger partial charge in [-0.2, -0.15) is 0 Å². The van der Waals surface area contributed by atoms with Crippen molar-refractivity contribution in [1.29, 1.82) is 0 Å². The molecule has 0 saturated carbocycles. The zero-order valence-electron chi connectivity index (χ0n) is 16.0. The molecule has 146 valence electrons. The Bertz CT molecular complexity index is 735. The van der Waals surface area contributed by atoms with Gasteiger partial charge in [0.25, 0.3) is 0 Å². The summed E-state index contributed by atoms with van der Waals surface area (Å²) in [6.07, 6.45) is 2.77. The third kappa shape index (κ3) is 4.79. The van der Waals surface area contributed by atoms with Crippen molar-refractivity contribution < 1.29 is 19.0 Å². The van der Waals surface area contributed by atoms with Crippen molar-refractivity contribution in [2.45, 2.75) is 25.3 Å². The van der Waals surface area contributed by atoms with E-state index in [0.717, 1.165) is 43.7 Å². The van der Waals surface area contributed by atoms with Gasteiger partial charge in [0.1, 0.15) is 5.82 Å². The van der Waals surface area contributed by atoms with E-state index in [1.165, 1.54) is 17.7 Å². The van der Waals surface area contributed by atoms with Gasteiger partial charge in [0.2, 0.25) is 0 Å². The number of halogens is 1. The van der Waals surface area contributed by atoms with E-state index in [0.29, 0.717) is 11.7 Å². The summed E-state index contributed by atoms with van der Waals surface area (Å²) in [5.41, 5.74) is 2.30. The SMILES string of the molecule is COc1ccc(C2CC(CO)CCN2CCc2ccc(F)cc2)cc1OC. The molecule has 0 radical (unpaired) electrons. The molecule has 2 aromatic carbocycles. The lowest BCUT2D eigenvalue weighted by atomic mass is 9.87. The van der Waals surface area contributed by atoms with Gasteiger partial charge in [-0.1, -0.05) is 18.2 Å². The lowest BCUT2D eigenvalue weighted by Gasteiger charge is -2.39. The summed E-state index contributed by atoms with van der Waals surface area (Å²) in [6, 6.07) is 13.0. The van der Waals surface area contributed by atoms with Crippen molar-refractivity contribution in [3.05, 3.63) is 59.4 Å². The molecule has 2 aromatic rings. The van der Waals surface area contributed by atoms with Crippen LogP contribution in [-0.4, -0.2) is 43.9 Å². The summed E-state index contributed by atoms with van der Waals surface area (Å²) in [5.74, 6) is 1.55. The van der Waals surface area contributed by atoms with Crippen LogP contribution in [0.1, 0.15) is 30.0 Å². The molecule has 0 spiro atoms. The van der Waals surface area contributed by atoms with E-state index in [9.17, 15) is 9.50 Å². The maximum Gasteiger partial charge on any atom is 0.161 e. The van der Waals surface area contributed by atoms with Gasteiger partial charge in [-0.25, -0.2) is 4.39 Å². The molecule has 1 aliphatic heterocycles. The molecule has 1 heterocycles. The van der Waals surface area contributed by atoms with Gasteiger partial charge >= 0.3 is 0 Å². The van der Waals surface area contributed by atoms with E-state index in [-0.39, 0.29) is 18.5 Å². The second kappa shape index (κ2) is 9.20. The second-order valence-electron chi connectivity index (χ2n) is 7.12. The zero-order valence-corrected chi connectivity index (χ0v) is 16.0. The number of rotatable bonds is 7. The highest BCUT2D eigenvalue weighted by Crippen LogP contribution is 2.38. The number of nitrogens with zero attached hydrogens (tertiary/aromatic N) is 1. The number of aliphatic hydroxyl groups excluding tert-OH is 1. The molecule has 1 aliphatic rings. The van der Waals surface area contributed by atoms with Crippen LogP contribution in [0.5, 0.6) is 11.5 Å². The number of likely N-dealkylation sites (tertiary alicyclic amines) is 1. The Morgan fingerprint density at radius 1 is 1.07 bits per heavy atom. The standard InChI is InChI=1S/C22H28FNO3/c1-26-21-8-5-18(14-22(21)27-2)20-13-17(15-25)10-12-24(20)11-9-16-3-6-19(23)7-4-16/h3-8,14,17,20,25H,9-13,15H2,1-2H3. The Labute approximate surface area is 160 Å². The molecule has 4 nitrogen and oxygen atoms in total. The largest absolute Gasteiger partial charge is 0.493 e. The van der Waals surface area contributed by atoms with Gasteiger partial charge in [-0.05, 0) is 67.1 Å². The molecule has 2 unspecified atom stereocenters. The molecule has 0 aliphatic carbocycles. The highest BCUT2D eigenvalue weighted by atomic mass is 19.1. The van der Waals surface area contributed by atoms with Crippen molar-refractivity contribution in [2.75, 3.05) is 33.9 Å². The molecule has 3 rings (SSSR count). The Balaban J connectivity index is 1.78. The smallest absolute Gasteiger partial charge is 0.161 e. The molecule has 1 saturated heterocycles. The quantitative estimate of drug-likeness (QED) is 0.801. The van der Waals surface area contributed by atoms with Gasteiger partial charge in [-0.3, -0.25) is 4.90 Å². The molecule has 2 atom stereocenters. The number of methoxy groups -OCH3 is 2. The minimum atomic E-state index is -0.203. The van der Waals surface area contributed by atoms with Crippen LogP contribution in [0.4, 0.5) is 4.39 Å². The topological polar surface area (TPSA) is 41.9 Å². The minimum Gasteiger partial charge on any atom is -0.493 e. The molecule has 0 amide bonds. The van der Waals surface area contributed by atoms with Crippen LogP contribution < -0.4 is 9.47 Å². The first-order valence-corrected chi connectivity index (χ1v) is 9.46. The zero-order chi connectivity index (χ0) is 19.2. The van der Waals surface area contributed by atoms with Gasteiger partial charge in [0.15, 0.2) is 11.5 Å². The summed E-state index contributed by atoms with van der Waals surface area (Å²) in [7, 11) is 3.28. The Hall–Kier alpha value is -2.11. The highest BCUT2D eigenvalue weighted by Gasteiger charge is 2.29. The number of aliphatic hydroxyl groups is 1. The van der Waals surface area contributed by atoms with Crippen LogP contribution in [0.3, 0.4) is 0 Å². The lowest BCUT2D eigenvalue weighted by Crippen LogP contribution is -2.39. The van der Waals surface area contributed by atoms with Gasteiger partial charge < -0.3 is 14.6 Å². The normalized spacial score (nSPS) is 20.4. The molecular weight excluding hydrogens is 345 g/mol. The molecule has 1 fully saturated rings. The van der Waals surface area contributed by atoms with E-state index in [1.807, 2.05) is 24.3 Å². The maximum atomic E-state index is 13.1. The highest BCUT2D eigenvalue weighted by molar-refractivity contribution is 5.44. The first-order chi connectivity index (χ1) is 13.1. The lowest BCUT2D eigenvalue weighted by molar-refractivity contribution is 0.0811. The van der Waals surface area contributed by atoms with Crippen LogP contribution in [0.15, 0.2) is 42.5 Å². The summed E-state index contributed by atoms with van der Waals surface area (Å²) >= 11 is 0. The van der Waals surface area contributed by atoms with Gasteiger partial charge in [0, 0.05) is 19.2 Å². The molecule has 5 heteroatoms. The summed E-state index contributed by atoms with van der Waals surface area (Å²) in [4.78, 5) is 2.46. The number of benzene rings is 2. The third-order valence-electron chi connectivity index (χ3n) is 5.47. The van der Waals surface area contributed by atoms with Crippen LogP contribution in [0.25, 0.3) is 0 Å². The summed E-state index contributed by atoms with van der Waals surface area (Å²) in [5, 5.41) is 9.66. The number of piperidine rings is 1. The average molecular weight is 373 g/mol. The average Bonchev–Trinajstić information content (AvgIpc) is 2.72. The van der Waals surface area contributed by atoms with Crippen LogP contribution >= 0.6 is 0 Å². The molecule has 27 heavy (non-hydrogen) atoms. The Morgan fingerprint density at radius 2 is 1.81 bits per heavy atom. The summed E-state index contributed by atoms with van der Waals surface area (Å²) in [6.45, 7) is 2.05. The van der Waals surface area contributed by atoms with Crippen LogP contribution in [0, 0.1) is 11.7 Å². The van der Waals surface area contributed by atoms with E-state index >= 15 is 0 Å². The fourth-order valence-electron chi connectivity index (χ4n) is 3.85.